The van der Waals surface area contributed by atoms with Crippen molar-refractivity contribution in [2.24, 2.45) is 0 Å². The van der Waals surface area contributed by atoms with Gasteiger partial charge in [-0.1, -0.05) is 0 Å². The quantitative estimate of drug-likeness (QED) is 0.467. The van der Waals surface area contributed by atoms with Crippen LogP contribution in [0, 0.1) is 41.7 Å². The molecule has 0 aromatic rings. The fourth-order valence-electron chi connectivity index (χ4n) is 0.250. The van der Waals surface area contributed by atoms with Crippen molar-refractivity contribution in [1.82, 2.24) is 0 Å². The Labute approximate surface area is 166 Å². The van der Waals surface area contributed by atoms with Crippen molar-refractivity contribution in [3.63, 3.8) is 0 Å². The maximum Gasteiger partial charge on any atom is 0.276 e. The zero-order valence-corrected chi connectivity index (χ0v) is 17.9. The van der Waals surface area contributed by atoms with E-state index >= 15 is 0 Å². The molecule has 0 saturated heterocycles. The molecule has 3 N–H and O–H groups in total. The number of ether oxygens (including phenoxy) is 6. The second kappa shape index (κ2) is 15.5. The maximum atomic E-state index is 8.69. The average Bonchev–Trinajstić information content (AvgIpc) is 2.48. The van der Waals surface area contributed by atoms with E-state index in [9.17, 15) is 0 Å². The van der Waals surface area contributed by atoms with Crippen LogP contribution in [0.25, 0.3) is 0 Å². The van der Waals surface area contributed by atoms with E-state index in [-0.39, 0.29) is 41.7 Å². The normalized spacial score (nSPS) is 11.5. The van der Waals surface area contributed by atoms with Gasteiger partial charge < -0.3 is 43.7 Å². The Morgan fingerprint density at radius 2 is 0.545 bits per heavy atom. The van der Waals surface area contributed by atoms with Crippen molar-refractivity contribution in [3.8, 4) is 0 Å². The molecule has 0 unspecified atom stereocenters. The van der Waals surface area contributed by atoms with Crippen LogP contribution in [-0.2, 0) is 28.4 Å². The van der Waals surface area contributed by atoms with Gasteiger partial charge in [-0.25, -0.2) is 0 Å². The van der Waals surface area contributed by atoms with Crippen LogP contribution < -0.4 is 0 Å². The van der Waals surface area contributed by atoms with E-state index in [2.05, 4.69) is 28.4 Å². The molecule has 0 bridgehead atoms. The Hall–Kier alpha value is 1.02. The summed E-state index contributed by atoms with van der Waals surface area (Å²) in [5, 5.41) is 26.1. The number of rotatable bonds is 6. The van der Waals surface area contributed by atoms with Crippen molar-refractivity contribution in [3.05, 3.63) is 0 Å². The topological polar surface area (TPSA) is 116 Å². The molecule has 0 aliphatic rings. The third-order valence-electron chi connectivity index (χ3n) is 2.27. The molecule has 0 saturated carbocycles. The van der Waals surface area contributed by atoms with Gasteiger partial charge in [0.1, 0.15) is 0 Å². The summed E-state index contributed by atoms with van der Waals surface area (Å²) in [6, 6.07) is 0. The van der Waals surface area contributed by atoms with Gasteiger partial charge in [-0.05, 0) is 0 Å². The van der Waals surface area contributed by atoms with E-state index in [0.717, 1.165) is 0 Å². The molecular formula is C12H30CeO9. The molecule has 0 rings (SSSR count). The standard InChI is InChI=1S/3C4H10O3.Ce/c3*1-4(5,6-2)7-3;/h3*5H,1-3H3;. The molecule has 10 heteroatoms. The first kappa shape index (κ1) is 30.9. The molecule has 0 fully saturated rings. The van der Waals surface area contributed by atoms with Crippen molar-refractivity contribution < 1.29 is 85.5 Å². The van der Waals surface area contributed by atoms with Crippen molar-refractivity contribution >= 4 is 0 Å². The SMILES string of the molecule is COC(C)(O)OC.COC(C)(O)OC.COC(C)(O)OC.[Ce]. The molecule has 22 heavy (non-hydrogen) atoms. The molecule has 0 spiro atoms. The molecule has 0 aromatic heterocycles. The molecule has 0 aromatic carbocycles. The fraction of sp³-hybridized carbons (Fsp3) is 1.00. The molecule has 0 aliphatic carbocycles. The van der Waals surface area contributed by atoms with Gasteiger partial charge in [0.15, 0.2) is 0 Å². The van der Waals surface area contributed by atoms with Crippen molar-refractivity contribution in [1.29, 1.82) is 0 Å². The molecule has 0 heterocycles. The van der Waals surface area contributed by atoms with Crippen LogP contribution in [0.4, 0.5) is 0 Å². The Balaban J connectivity index is -0.000000108. The Bertz CT molecular complexity index is 179. The molecule has 0 aliphatic heterocycles. The van der Waals surface area contributed by atoms with E-state index in [4.69, 9.17) is 15.3 Å². The van der Waals surface area contributed by atoms with E-state index in [0.29, 0.717) is 0 Å². The van der Waals surface area contributed by atoms with Gasteiger partial charge in [0.25, 0.3) is 17.9 Å². The molecule has 9 nitrogen and oxygen atoms in total. The summed E-state index contributed by atoms with van der Waals surface area (Å²) in [4.78, 5) is 0. The number of aliphatic hydroxyl groups is 3. The van der Waals surface area contributed by atoms with Gasteiger partial charge in [0, 0.05) is 105 Å². The summed E-state index contributed by atoms with van der Waals surface area (Å²) in [6.07, 6.45) is 0. The minimum atomic E-state index is -1.42. The van der Waals surface area contributed by atoms with E-state index in [1.54, 1.807) is 0 Å². The predicted octanol–water partition coefficient (Wildman–Crippen LogP) is -0.164. The minimum Gasteiger partial charge on any atom is -0.344 e. The second-order valence-corrected chi connectivity index (χ2v) is 3.92. The summed E-state index contributed by atoms with van der Waals surface area (Å²) in [6.45, 7) is 4.23. The van der Waals surface area contributed by atoms with Crippen LogP contribution in [0.15, 0.2) is 0 Å². The first-order chi connectivity index (χ1) is 9.36. The first-order valence-corrected chi connectivity index (χ1v) is 5.85. The predicted molar refractivity (Wildman–Crippen MR) is 73.9 cm³/mol. The van der Waals surface area contributed by atoms with Crippen LogP contribution >= 0.6 is 0 Å². The molecule has 0 atom stereocenters. The third kappa shape index (κ3) is 23.3. The number of hydrogen-bond donors (Lipinski definition) is 3. The number of methoxy groups -OCH3 is 6. The monoisotopic (exact) mass is 458 g/mol. The maximum absolute atomic E-state index is 8.69. The first-order valence-electron chi connectivity index (χ1n) is 5.85. The van der Waals surface area contributed by atoms with E-state index in [1.165, 1.54) is 63.4 Å². The average molecular weight is 458 g/mol. The largest absolute Gasteiger partial charge is 0.344 e. The van der Waals surface area contributed by atoms with Gasteiger partial charge in [-0.2, -0.15) is 0 Å². The molecule has 0 amide bonds. The Kier molecular flexibility index (Phi) is 21.8. The van der Waals surface area contributed by atoms with Gasteiger partial charge in [-0.3, -0.25) is 0 Å². The zero-order valence-electron chi connectivity index (χ0n) is 14.8. The van der Waals surface area contributed by atoms with Crippen LogP contribution in [0.2, 0.25) is 0 Å². The zero-order chi connectivity index (χ0) is 17.7. The molecule has 136 valence electrons. The molecular weight excluding hydrogens is 428 g/mol. The summed E-state index contributed by atoms with van der Waals surface area (Å²) in [5.41, 5.74) is 0. The number of hydrogen-bond acceptors (Lipinski definition) is 9. The molecule has 0 radical (unpaired) electrons. The van der Waals surface area contributed by atoms with Gasteiger partial charge in [-0.15, -0.1) is 0 Å². The smallest absolute Gasteiger partial charge is 0.276 e. The summed E-state index contributed by atoms with van der Waals surface area (Å²) >= 11 is 0. The Morgan fingerprint density at radius 3 is 0.545 bits per heavy atom. The summed E-state index contributed by atoms with van der Waals surface area (Å²) < 4.78 is 26.5. The second-order valence-electron chi connectivity index (χ2n) is 3.92. The van der Waals surface area contributed by atoms with Crippen LogP contribution in [0.1, 0.15) is 20.8 Å². The van der Waals surface area contributed by atoms with Crippen LogP contribution in [-0.4, -0.2) is 75.9 Å². The fourth-order valence-corrected chi connectivity index (χ4v) is 0.250. The summed E-state index contributed by atoms with van der Waals surface area (Å²) in [7, 11) is 8.19. The van der Waals surface area contributed by atoms with E-state index < -0.39 is 17.9 Å². The van der Waals surface area contributed by atoms with Gasteiger partial charge in [0.2, 0.25) is 0 Å². The Morgan fingerprint density at radius 1 is 0.455 bits per heavy atom. The van der Waals surface area contributed by atoms with Gasteiger partial charge >= 0.3 is 0 Å². The van der Waals surface area contributed by atoms with Gasteiger partial charge in [0.05, 0.1) is 0 Å². The van der Waals surface area contributed by atoms with Crippen LogP contribution in [0.5, 0.6) is 0 Å². The van der Waals surface area contributed by atoms with E-state index in [1.807, 2.05) is 0 Å². The van der Waals surface area contributed by atoms with Crippen LogP contribution in [0.3, 0.4) is 0 Å². The van der Waals surface area contributed by atoms with Crippen molar-refractivity contribution in [2.75, 3.05) is 42.7 Å². The third-order valence-corrected chi connectivity index (χ3v) is 2.27. The van der Waals surface area contributed by atoms with Crippen molar-refractivity contribution in [2.45, 2.75) is 38.7 Å². The minimum absolute atomic E-state index is 0. The summed E-state index contributed by atoms with van der Waals surface area (Å²) in [5.74, 6) is -4.25.